The Labute approximate surface area is 52.0 Å². The molecule has 0 aromatic rings. The zero-order chi connectivity index (χ0) is 4.99. The minimum absolute atomic E-state index is 0.0641. The predicted molar refractivity (Wildman–Crippen MR) is 24.9 cm³/mol. The molecule has 0 aliphatic heterocycles. The number of hydrogen-bond acceptors (Lipinski definition) is 2. The quantitative estimate of drug-likeness (QED) is 0.556. The van der Waals surface area contributed by atoms with Crippen LogP contribution in [0, 0.1) is 0 Å². The summed E-state index contributed by atoms with van der Waals surface area (Å²) in [5, 5.41) is 0. The van der Waals surface area contributed by atoms with Crippen molar-refractivity contribution in [2.45, 2.75) is 13.3 Å². The fourth-order valence-corrected chi connectivity index (χ4v) is 0.968. The summed E-state index contributed by atoms with van der Waals surface area (Å²) in [5.41, 5.74) is 0. The molecule has 0 amide bonds. The average molecular weight is 190 g/mol. The van der Waals surface area contributed by atoms with Crippen LogP contribution in [0.3, 0.4) is 0 Å². The summed E-state index contributed by atoms with van der Waals surface area (Å²) < 4.78 is 4.47. The maximum atomic E-state index is 10.0. The summed E-state index contributed by atoms with van der Waals surface area (Å²) in [7, 11) is 0. The standard InChI is InChI=1S/C3H6O2.In.2H/c1-2-3(4)5;;;/h2H2,1H3,(H,4,5);;;/q;+1;;/p-1. The number of carbonyl (C=O) groups is 1. The van der Waals surface area contributed by atoms with Gasteiger partial charge in [0.05, 0.1) is 0 Å². The number of hydrogen-bond donors (Lipinski definition) is 0. The Bertz CT molecular complexity index is 46.8. The minimum atomic E-state index is -0.0641. The van der Waals surface area contributed by atoms with Gasteiger partial charge in [-0.05, 0) is 0 Å². The van der Waals surface area contributed by atoms with Crippen molar-refractivity contribution in [1.29, 1.82) is 0 Å². The van der Waals surface area contributed by atoms with Gasteiger partial charge in [-0.2, -0.15) is 0 Å². The zero-order valence-electron chi connectivity index (χ0n) is 4.02. The molecule has 0 atom stereocenters. The Hall–Kier alpha value is 0.340. The molecule has 34 valence electrons. The van der Waals surface area contributed by atoms with E-state index in [0.29, 0.717) is 6.42 Å². The van der Waals surface area contributed by atoms with Crippen molar-refractivity contribution in [1.82, 2.24) is 0 Å². The van der Waals surface area contributed by atoms with Crippen molar-refractivity contribution in [2.24, 2.45) is 0 Å². The average Bonchev–Trinajstić information content (AvgIpc) is 1.65. The molecule has 0 radical (unpaired) electrons. The predicted octanol–water partition coefficient (Wildman–Crippen LogP) is -0.512. The normalized spacial score (nSPS) is 7.50. The van der Waals surface area contributed by atoms with E-state index in [9.17, 15) is 4.79 Å². The Kier molecular flexibility index (Phi) is 3.73. The van der Waals surface area contributed by atoms with Gasteiger partial charge in [0, 0.05) is 0 Å². The summed E-state index contributed by atoms with van der Waals surface area (Å²) in [6.45, 7) is 1.79. The third-order valence-electron chi connectivity index (χ3n) is 0.516. The van der Waals surface area contributed by atoms with Crippen LogP contribution < -0.4 is 0 Å². The van der Waals surface area contributed by atoms with Gasteiger partial charge in [-0.1, -0.05) is 0 Å². The number of carbonyl (C=O) groups excluding carboxylic acids is 1. The van der Waals surface area contributed by atoms with Gasteiger partial charge in [-0.25, -0.2) is 0 Å². The van der Waals surface area contributed by atoms with Crippen LogP contribution in [-0.2, 0) is 7.65 Å². The van der Waals surface area contributed by atoms with Crippen LogP contribution in [0.4, 0.5) is 0 Å². The molecular weight excluding hydrogens is 183 g/mol. The molecule has 0 spiro atoms. The van der Waals surface area contributed by atoms with E-state index >= 15 is 0 Å². The van der Waals surface area contributed by atoms with E-state index in [1.807, 2.05) is 0 Å². The van der Waals surface area contributed by atoms with Crippen molar-refractivity contribution >= 4 is 30.8 Å². The van der Waals surface area contributed by atoms with Crippen molar-refractivity contribution in [3.05, 3.63) is 0 Å². The molecule has 0 saturated carbocycles. The van der Waals surface area contributed by atoms with Gasteiger partial charge < -0.3 is 0 Å². The van der Waals surface area contributed by atoms with E-state index in [0.717, 1.165) is 0 Å². The molecule has 0 aromatic carbocycles. The first-order chi connectivity index (χ1) is 2.81. The fourth-order valence-electron chi connectivity index (χ4n) is 0.144. The van der Waals surface area contributed by atoms with E-state index in [2.05, 4.69) is 2.85 Å². The first-order valence-electron chi connectivity index (χ1n) is 1.88. The van der Waals surface area contributed by atoms with Gasteiger partial charge in [0.1, 0.15) is 0 Å². The molecule has 6 heavy (non-hydrogen) atoms. The van der Waals surface area contributed by atoms with Gasteiger partial charge in [0.2, 0.25) is 0 Å². The summed E-state index contributed by atoms with van der Waals surface area (Å²) in [6, 6.07) is 0. The van der Waals surface area contributed by atoms with Crippen LogP contribution in [0.25, 0.3) is 0 Å². The third-order valence-corrected chi connectivity index (χ3v) is 1.82. The van der Waals surface area contributed by atoms with Crippen LogP contribution in [0.15, 0.2) is 0 Å². The molecule has 0 heterocycles. The molecule has 0 fully saturated rings. The molecule has 0 N–H and O–H groups in total. The molecule has 2 nitrogen and oxygen atoms in total. The molecular formula is C3H7InO2. The fraction of sp³-hybridized carbons (Fsp3) is 0.667. The van der Waals surface area contributed by atoms with Crippen molar-refractivity contribution in [2.75, 3.05) is 0 Å². The Morgan fingerprint density at radius 3 is 2.50 bits per heavy atom. The Morgan fingerprint density at radius 1 is 2.00 bits per heavy atom. The molecule has 0 aliphatic carbocycles. The summed E-state index contributed by atoms with van der Waals surface area (Å²) in [5.74, 6) is -0.0641. The first kappa shape index (κ1) is 6.34. The first-order valence-corrected chi connectivity index (χ1v) is 4.21. The topological polar surface area (TPSA) is 26.3 Å². The van der Waals surface area contributed by atoms with Gasteiger partial charge in [-0.3, -0.25) is 0 Å². The zero-order valence-corrected chi connectivity index (χ0v) is 9.73. The van der Waals surface area contributed by atoms with Gasteiger partial charge >= 0.3 is 51.8 Å². The number of rotatable bonds is 1. The van der Waals surface area contributed by atoms with Crippen molar-refractivity contribution in [3.63, 3.8) is 0 Å². The van der Waals surface area contributed by atoms with E-state index in [-0.39, 0.29) is 30.8 Å². The van der Waals surface area contributed by atoms with Crippen molar-refractivity contribution in [3.8, 4) is 0 Å². The molecule has 0 bridgehead atoms. The van der Waals surface area contributed by atoms with Crippen LogP contribution in [0.2, 0.25) is 0 Å². The van der Waals surface area contributed by atoms with Gasteiger partial charge in [0.15, 0.2) is 0 Å². The summed E-state index contributed by atoms with van der Waals surface area (Å²) in [4.78, 5) is 10.0. The van der Waals surface area contributed by atoms with Crippen LogP contribution in [0.5, 0.6) is 0 Å². The molecule has 0 aliphatic rings. The van der Waals surface area contributed by atoms with Gasteiger partial charge in [0.25, 0.3) is 0 Å². The van der Waals surface area contributed by atoms with E-state index < -0.39 is 0 Å². The summed E-state index contributed by atoms with van der Waals surface area (Å²) in [6.07, 6.45) is 0.521. The molecule has 0 rings (SSSR count). The van der Waals surface area contributed by atoms with Crippen LogP contribution in [-0.4, -0.2) is 30.8 Å². The van der Waals surface area contributed by atoms with Crippen molar-refractivity contribution < 1.29 is 7.65 Å². The second-order valence-corrected chi connectivity index (χ2v) is 2.09. The third kappa shape index (κ3) is 2.57. The van der Waals surface area contributed by atoms with E-state index in [4.69, 9.17) is 0 Å². The second-order valence-electron chi connectivity index (χ2n) is 0.930. The molecule has 3 heteroatoms. The van der Waals surface area contributed by atoms with Gasteiger partial charge in [-0.15, -0.1) is 0 Å². The summed E-state index contributed by atoms with van der Waals surface area (Å²) >= 11 is 0.0989. The Balaban J connectivity index is 2.99. The van der Waals surface area contributed by atoms with E-state index in [1.165, 1.54) is 0 Å². The van der Waals surface area contributed by atoms with Crippen LogP contribution >= 0.6 is 0 Å². The molecule has 0 aromatic heterocycles. The maximum absolute atomic E-state index is 10.0. The van der Waals surface area contributed by atoms with E-state index in [1.54, 1.807) is 6.92 Å². The SMILES string of the molecule is CCC(=O)[O][InH2]. The molecule has 0 saturated heterocycles. The molecule has 0 unspecified atom stereocenters. The second kappa shape index (κ2) is 3.53. The monoisotopic (exact) mass is 190 g/mol. The van der Waals surface area contributed by atoms with Crippen LogP contribution in [0.1, 0.15) is 13.3 Å². The Morgan fingerprint density at radius 2 is 2.50 bits per heavy atom.